The van der Waals surface area contributed by atoms with Gasteiger partial charge in [0, 0.05) is 23.2 Å². The largest absolute Gasteiger partial charge is 0.354 e. The molecule has 1 aromatic heterocycles. The van der Waals surface area contributed by atoms with Crippen LogP contribution < -0.4 is 11.1 Å². The molecular weight excluding hydrogens is 316 g/mol. The maximum absolute atomic E-state index is 12.2. The summed E-state index contributed by atoms with van der Waals surface area (Å²) in [6.07, 6.45) is 1.30. The maximum atomic E-state index is 12.2. The van der Waals surface area contributed by atoms with E-state index >= 15 is 0 Å². The molecule has 1 heterocycles. The van der Waals surface area contributed by atoms with Crippen molar-refractivity contribution >= 4 is 17.5 Å². The third kappa shape index (κ3) is 4.74. The summed E-state index contributed by atoms with van der Waals surface area (Å²) in [6.45, 7) is 4.34. The SMILES string of the molecule is CCC(C(=O)NCCC(C)N)n1nnc(-c2ccc(Cl)cc2)n1. The van der Waals surface area contributed by atoms with E-state index in [1.165, 1.54) is 4.80 Å². The highest BCUT2D eigenvalue weighted by atomic mass is 35.5. The molecule has 2 atom stereocenters. The van der Waals surface area contributed by atoms with Crippen molar-refractivity contribution < 1.29 is 4.79 Å². The number of tetrazole rings is 1. The van der Waals surface area contributed by atoms with Gasteiger partial charge in [-0.3, -0.25) is 4.79 Å². The number of hydrogen-bond donors (Lipinski definition) is 2. The number of carbonyl (C=O) groups excluding carboxylic acids is 1. The van der Waals surface area contributed by atoms with Gasteiger partial charge in [0.25, 0.3) is 0 Å². The van der Waals surface area contributed by atoms with Gasteiger partial charge in [-0.25, -0.2) is 0 Å². The topological polar surface area (TPSA) is 98.7 Å². The molecule has 0 aliphatic carbocycles. The van der Waals surface area contributed by atoms with Gasteiger partial charge in [0.05, 0.1) is 0 Å². The Labute approximate surface area is 140 Å². The molecule has 23 heavy (non-hydrogen) atoms. The zero-order valence-corrected chi connectivity index (χ0v) is 14.0. The van der Waals surface area contributed by atoms with Crippen molar-refractivity contribution in [3.8, 4) is 11.4 Å². The van der Waals surface area contributed by atoms with E-state index in [4.69, 9.17) is 17.3 Å². The Hall–Kier alpha value is -1.99. The fraction of sp³-hybridized carbons (Fsp3) is 0.467. The van der Waals surface area contributed by atoms with Gasteiger partial charge in [0.2, 0.25) is 11.7 Å². The summed E-state index contributed by atoms with van der Waals surface area (Å²) < 4.78 is 0. The number of rotatable bonds is 7. The van der Waals surface area contributed by atoms with Crippen molar-refractivity contribution in [3.63, 3.8) is 0 Å². The lowest BCUT2D eigenvalue weighted by Gasteiger charge is -2.14. The molecule has 7 nitrogen and oxygen atoms in total. The van der Waals surface area contributed by atoms with E-state index in [1.807, 2.05) is 26.0 Å². The third-order valence-electron chi connectivity index (χ3n) is 3.40. The number of carbonyl (C=O) groups is 1. The van der Waals surface area contributed by atoms with Gasteiger partial charge in [-0.2, -0.15) is 4.80 Å². The summed E-state index contributed by atoms with van der Waals surface area (Å²) in [6, 6.07) is 6.71. The van der Waals surface area contributed by atoms with Gasteiger partial charge in [0.15, 0.2) is 6.04 Å². The Kier molecular flexibility index (Phi) is 6.06. The zero-order chi connectivity index (χ0) is 16.8. The van der Waals surface area contributed by atoms with Crippen LogP contribution in [0.1, 0.15) is 32.7 Å². The van der Waals surface area contributed by atoms with E-state index < -0.39 is 6.04 Å². The van der Waals surface area contributed by atoms with E-state index in [2.05, 4.69) is 20.7 Å². The molecule has 0 fully saturated rings. The first-order valence-electron chi connectivity index (χ1n) is 7.60. The zero-order valence-electron chi connectivity index (χ0n) is 13.2. The molecule has 0 spiro atoms. The minimum Gasteiger partial charge on any atom is -0.354 e. The molecule has 1 amide bonds. The molecule has 0 saturated heterocycles. The number of amides is 1. The fourth-order valence-corrected chi connectivity index (χ4v) is 2.19. The van der Waals surface area contributed by atoms with Crippen LogP contribution >= 0.6 is 11.6 Å². The maximum Gasteiger partial charge on any atom is 0.246 e. The molecule has 0 saturated carbocycles. The second kappa shape index (κ2) is 8.03. The molecular formula is C15H21ClN6O. The van der Waals surface area contributed by atoms with Crippen molar-refractivity contribution in [1.29, 1.82) is 0 Å². The van der Waals surface area contributed by atoms with Gasteiger partial charge in [-0.15, -0.1) is 10.2 Å². The van der Waals surface area contributed by atoms with E-state index in [1.54, 1.807) is 12.1 Å². The summed E-state index contributed by atoms with van der Waals surface area (Å²) in [5.74, 6) is 0.330. The van der Waals surface area contributed by atoms with E-state index in [0.717, 1.165) is 12.0 Å². The van der Waals surface area contributed by atoms with E-state index in [-0.39, 0.29) is 11.9 Å². The van der Waals surface area contributed by atoms with Gasteiger partial charge in [-0.1, -0.05) is 18.5 Å². The number of hydrogen-bond acceptors (Lipinski definition) is 5. The highest BCUT2D eigenvalue weighted by Gasteiger charge is 2.21. The molecule has 2 aromatic rings. The summed E-state index contributed by atoms with van der Waals surface area (Å²) in [7, 11) is 0. The molecule has 0 radical (unpaired) electrons. The van der Waals surface area contributed by atoms with Crippen molar-refractivity contribution in [2.75, 3.05) is 6.54 Å². The predicted octanol–water partition coefficient (Wildman–Crippen LogP) is 1.80. The second-order valence-corrected chi connectivity index (χ2v) is 5.86. The predicted molar refractivity (Wildman–Crippen MR) is 88.9 cm³/mol. The van der Waals surface area contributed by atoms with E-state index in [9.17, 15) is 4.79 Å². The number of halogens is 1. The van der Waals surface area contributed by atoms with Crippen LogP contribution in [0.15, 0.2) is 24.3 Å². The second-order valence-electron chi connectivity index (χ2n) is 5.42. The molecule has 2 rings (SSSR count). The van der Waals surface area contributed by atoms with Crippen LogP contribution in [0, 0.1) is 0 Å². The molecule has 0 aliphatic rings. The number of aromatic nitrogens is 4. The molecule has 0 aliphatic heterocycles. The Morgan fingerprint density at radius 1 is 1.39 bits per heavy atom. The minimum atomic E-state index is -0.489. The van der Waals surface area contributed by atoms with Gasteiger partial charge < -0.3 is 11.1 Å². The molecule has 1 aromatic carbocycles. The third-order valence-corrected chi connectivity index (χ3v) is 3.65. The van der Waals surface area contributed by atoms with Crippen LogP contribution in [0.3, 0.4) is 0 Å². The first kappa shape index (κ1) is 17.4. The molecule has 2 unspecified atom stereocenters. The van der Waals surface area contributed by atoms with Crippen LogP contribution in [0.25, 0.3) is 11.4 Å². The Morgan fingerprint density at radius 2 is 2.09 bits per heavy atom. The van der Waals surface area contributed by atoms with Crippen LogP contribution in [0.5, 0.6) is 0 Å². The van der Waals surface area contributed by atoms with Crippen molar-refractivity contribution in [2.24, 2.45) is 5.73 Å². The summed E-state index contributed by atoms with van der Waals surface area (Å²) in [5, 5.41) is 15.8. The highest BCUT2D eigenvalue weighted by molar-refractivity contribution is 6.30. The van der Waals surface area contributed by atoms with Crippen LogP contribution in [0.4, 0.5) is 0 Å². The lowest BCUT2D eigenvalue weighted by molar-refractivity contribution is -0.125. The summed E-state index contributed by atoms with van der Waals surface area (Å²) >= 11 is 5.87. The van der Waals surface area contributed by atoms with Crippen molar-refractivity contribution in [2.45, 2.75) is 38.8 Å². The lowest BCUT2D eigenvalue weighted by Crippen LogP contribution is -2.35. The highest BCUT2D eigenvalue weighted by Crippen LogP contribution is 2.18. The van der Waals surface area contributed by atoms with Gasteiger partial charge >= 0.3 is 0 Å². The number of benzene rings is 1. The summed E-state index contributed by atoms with van der Waals surface area (Å²) in [5.41, 5.74) is 6.48. The van der Waals surface area contributed by atoms with Crippen LogP contribution in [0.2, 0.25) is 5.02 Å². The molecule has 124 valence electrons. The average molecular weight is 337 g/mol. The first-order chi connectivity index (χ1) is 11.0. The lowest BCUT2D eigenvalue weighted by atomic mass is 10.2. The minimum absolute atomic E-state index is 0.0522. The van der Waals surface area contributed by atoms with Crippen LogP contribution in [-0.4, -0.2) is 38.7 Å². The van der Waals surface area contributed by atoms with Gasteiger partial charge in [-0.05, 0) is 49.2 Å². The Morgan fingerprint density at radius 3 is 2.70 bits per heavy atom. The van der Waals surface area contributed by atoms with Crippen LogP contribution in [-0.2, 0) is 4.79 Å². The fourth-order valence-electron chi connectivity index (χ4n) is 2.07. The smallest absolute Gasteiger partial charge is 0.246 e. The normalized spacial score (nSPS) is 13.6. The van der Waals surface area contributed by atoms with Crippen molar-refractivity contribution in [1.82, 2.24) is 25.5 Å². The standard InChI is InChI=1S/C15H21ClN6O/c1-3-13(15(23)18-9-8-10(2)17)22-20-14(19-21-22)11-4-6-12(16)7-5-11/h4-7,10,13H,3,8-9,17H2,1-2H3,(H,18,23). The van der Waals surface area contributed by atoms with Crippen molar-refractivity contribution in [3.05, 3.63) is 29.3 Å². The Bertz CT molecular complexity index is 640. The number of nitrogens with two attached hydrogens (primary N) is 1. The Balaban J connectivity index is 2.07. The van der Waals surface area contributed by atoms with Gasteiger partial charge in [0.1, 0.15) is 0 Å². The van der Waals surface area contributed by atoms with E-state index in [0.29, 0.717) is 23.8 Å². The number of nitrogens with zero attached hydrogens (tertiary/aromatic N) is 4. The average Bonchev–Trinajstić information content (AvgIpc) is 2.98. The summed E-state index contributed by atoms with van der Waals surface area (Å²) in [4.78, 5) is 13.6. The number of nitrogens with one attached hydrogen (secondary N) is 1. The monoisotopic (exact) mass is 336 g/mol. The quantitative estimate of drug-likeness (QED) is 0.803. The molecule has 8 heteroatoms. The first-order valence-corrected chi connectivity index (χ1v) is 7.97. The molecule has 0 bridgehead atoms. The molecule has 3 N–H and O–H groups in total.